The molecule has 0 atom stereocenters. The summed E-state index contributed by atoms with van der Waals surface area (Å²) in [6, 6.07) is 5.79. The van der Waals surface area contributed by atoms with Gasteiger partial charge in [0.05, 0.1) is 17.6 Å². The van der Waals surface area contributed by atoms with E-state index in [0.29, 0.717) is 0 Å². The molecular formula is C15H14N4O. The third-order valence-electron chi connectivity index (χ3n) is 4.01. The van der Waals surface area contributed by atoms with Gasteiger partial charge in [-0.1, -0.05) is 6.07 Å². The van der Waals surface area contributed by atoms with E-state index >= 15 is 0 Å². The molecule has 0 saturated heterocycles. The Morgan fingerprint density at radius 1 is 1.30 bits per heavy atom. The fourth-order valence-corrected chi connectivity index (χ4v) is 3.08. The maximum absolute atomic E-state index is 12.1. The van der Waals surface area contributed by atoms with Gasteiger partial charge >= 0.3 is 0 Å². The van der Waals surface area contributed by atoms with Crippen molar-refractivity contribution in [2.45, 2.75) is 12.8 Å². The van der Waals surface area contributed by atoms with Gasteiger partial charge in [-0.15, -0.1) is 0 Å². The summed E-state index contributed by atoms with van der Waals surface area (Å²) in [4.78, 5) is 15.5. The van der Waals surface area contributed by atoms with Crippen LogP contribution in [0.4, 0.5) is 0 Å². The van der Waals surface area contributed by atoms with Gasteiger partial charge in [0.1, 0.15) is 0 Å². The van der Waals surface area contributed by atoms with E-state index in [1.54, 1.807) is 7.05 Å². The first-order chi connectivity index (χ1) is 9.79. The number of hydrogen-bond acceptors (Lipinski definition) is 2. The quantitative estimate of drug-likeness (QED) is 0.630. The van der Waals surface area contributed by atoms with Crippen molar-refractivity contribution in [3.8, 4) is 11.4 Å². The second-order valence-corrected chi connectivity index (χ2v) is 5.06. The lowest BCUT2D eigenvalue weighted by atomic mass is 9.92. The fourth-order valence-electron chi connectivity index (χ4n) is 3.08. The molecule has 5 nitrogen and oxygen atoms in total. The number of aromatic nitrogens is 3. The number of rotatable bonds is 1. The molecule has 0 fully saturated rings. The third-order valence-corrected chi connectivity index (χ3v) is 4.01. The summed E-state index contributed by atoms with van der Waals surface area (Å²) < 4.78 is 0. The first kappa shape index (κ1) is 11.3. The number of amides is 1. The summed E-state index contributed by atoms with van der Waals surface area (Å²) in [5.41, 5.74) is 6.27. The van der Waals surface area contributed by atoms with Gasteiger partial charge < -0.3 is 10.3 Å². The van der Waals surface area contributed by atoms with Crippen molar-refractivity contribution in [3.63, 3.8) is 0 Å². The van der Waals surface area contributed by atoms with Gasteiger partial charge in [-0.3, -0.25) is 9.89 Å². The zero-order valence-electron chi connectivity index (χ0n) is 11.1. The number of hydrogen-bond donors (Lipinski definition) is 3. The van der Waals surface area contributed by atoms with E-state index in [-0.39, 0.29) is 5.91 Å². The smallest absolute Gasteiger partial charge is 0.251 e. The van der Waals surface area contributed by atoms with Crippen molar-refractivity contribution >= 4 is 16.8 Å². The predicted molar refractivity (Wildman–Crippen MR) is 76.7 cm³/mol. The minimum Gasteiger partial charge on any atom is -0.355 e. The van der Waals surface area contributed by atoms with Crippen molar-refractivity contribution in [2.24, 2.45) is 0 Å². The van der Waals surface area contributed by atoms with Gasteiger partial charge in [-0.2, -0.15) is 5.10 Å². The molecule has 0 saturated carbocycles. The molecule has 3 N–H and O–H groups in total. The molecule has 20 heavy (non-hydrogen) atoms. The summed E-state index contributed by atoms with van der Waals surface area (Å²) in [6.45, 7) is 0. The van der Waals surface area contributed by atoms with Crippen LogP contribution in [0.3, 0.4) is 0 Å². The van der Waals surface area contributed by atoms with Crippen LogP contribution in [0.1, 0.15) is 21.5 Å². The van der Waals surface area contributed by atoms with Crippen LogP contribution in [-0.4, -0.2) is 28.1 Å². The Balaban J connectivity index is 2.06. The van der Waals surface area contributed by atoms with Gasteiger partial charge in [0.25, 0.3) is 5.91 Å². The number of nitrogens with one attached hydrogen (secondary N) is 3. The number of carbonyl (C=O) groups is 1. The van der Waals surface area contributed by atoms with Crippen LogP contribution in [0.2, 0.25) is 0 Å². The van der Waals surface area contributed by atoms with Crippen molar-refractivity contribution in [3.05, 3.63) is 41.1 Å². The molecule has 0 aliphatic heterocycles. The van der Waals surface area contributed by atoms with Gasteiger partial charge in [0.2, 0.25) is 0 Å². The minimum absolute atomic E-state index is 0.0483. The molecule has 3 aromatic rings. The van der Waals surface area contributed by atoms with Crippen LogP contribution < -0.4 is 5.32 Å². The highest BCUT2D eigenvalue weighted by atomic mass is 16.1. The van der Waals surface area contributed by atoms with E-state index in [2.05, 4.69) is 20.5 Å². The highest BCUT2D eigenvalue weighted by molar-refractivity contribution is 6.09. The summed E-state index contributed by atoms with van der Waals surface area (Å²) in [7, 11) is 1.66. The summed E-state index contributed by atoms with van der Waals surface area (Å²) in [6.07, 6.45) is 3.76. The monoisotopic (exact) mass is 266 g/mol. The van der Waals surface area contributed by atoms with Crippen molar-refractivity contribution in [1.29, 1.82) is 0 Å². The summed E-state index contributed by atoms with van der Waals surface area (Å²) >= 11 is 0. The molecule has 2 aromatic heterocycles. The van der Waals surface area contributed by atoms with E-state index in [0.717, 1.165) is 40.7 Å². The van der Waals surface area contributed by atoms with E-state index in [9.17, 15) is 4.79 Å². The molecule has 0 spiro atoms. The molecule has 1 aliphatic carbocycles. The number of fused-ring (bicyclic) bond motifs is 5. The Morgan fingerprint density at radius 3 is 3.05 bits per heavy atom. The number of aryl methyl sites for hydroxylation is 2. The Labute approximate surface area is 115 Å². The van der Waals surface area contributed by atoms with Crippen LogP contribution in [0.5, 0.6) is 0 Å². The van der Waals surface area contributed by atoms with Crippen LogP contribution in [-0.2, 0) is 12.8 Å². The summed E-state index contributed by atoms with van der Waals surface area (Å²) in [5.74, 6) is -0.0483. The van der Waals surface area contributed by atoms with Crippen molar-refractivity contribution in [1.82, 2.24) is 20.5 Å². The maximum Gasteiger partial charge on any atom is 0.251 e. The lowest BCUT2D eigenvalue weighted by Crippen LogP contribution is -2.18. The average molecular weight is 266 g/mol. The number of aromatic amines is 2. The zero-order valence-corrected chi connectivity index (χ0v) is 11.1. The molecular weight excluding hydrogens is 252 g/mol. The van der Waals surface area contributed by atoms with E-state index in [1.165, 1.54) is 11.1 Å². The van der Waals surface area contributed by atoms with E-state index in [1.807, 2.05) is 24.4 Å². The molecule has 1 aliphatic rings. The van der Waals surface area contributed by atoms with Crippen molar-refractivity contribution < 1.29 is 4.79 Å². The van der Waals surface area contributed by atoms with E-state index < -0.39 is 0 Å². The van der Waals surface area contributed by atoms with Gasteiger partial charge in [0.15, 0.2) is 0 Å². The molecule has 1 aromatic carbocycles. The first-order valence-electron chi connectivity index (χ1n) is 6.68. The number of carbonyl (C=O) groups excluding carboxylic acids is 1. The highest BCUT2D eigenvalue weighted by Gasteiger charge is 2.24. The Bertz CT molecular complexity index is 828. The minimum atomic E-state index is -0.0483. The second-order valence-electron chi connectivity index (χ2n) is 5.06. The molecule has 0 radical (unpaired) electrons. The maximum atomic E-state index is 12.1. The van der Waals surface area contributed by atoms with Gasteiger partial charge in [-0.05, 0) is 36.1 Å². The topological polar surface area (TPSA) is 73.6 Å². The Morgan fingerprint density at radius 2 is 2.20 bits per heavy atom. The molecule has 1 amide bonds. The number of benzene rings is 1. The van der Waals surface area contributed by atoms with E-state index in [4.69, 9.17) is 0 Å². The van der Waals surface area contributed by atoms with Gasteiger partial charge in [0, 0.05) is 23.5 Å². The number of H-pyrrole nitrogens is 2. The molecule has 100 valence electrons. The lowest BCUT2D eigenvalue weighted by Gasteiger charge is -2.12. The standard InChI is InChI=1S/C15H14N4O/c1-16-15(20)10-3-2-4-11-12(10)9-6-5-8-7-17-19-13(8)14(9)18-11/h2-4,7,18H,5-6H2,1H3,(H,16,20)(H,17,19). The molecule has 0 bridgehead atoms. The third kappa shape index (κ3) is 1.37. The van der Waals surface area contributed by atoms with Gasteiger partial charge in [-0.25, -0.2) is 0 Å². The highest BCUT2D eigenvalue weighted by Crippen LogP contribution is 2.37. The average Bonchev–Trinajstić information content (AvgIpc) is 3.09. The van der Waals surface area contributed by atoms with Crippen LogP contribution >= 0.6 is 0 Å². The van der Waals surface area contributed by atoms with Crippen molar-refractivity contribution in [2.75, 3.05) is 7.05 Å². The first-order valence-corrected chi connectivity index (χ1v) is 6.68. The van der Waals surface area contributed by atoms with Crippen LogP contribution in [0.25, 0.3) is 22.3 Å². The molecule has 5 heteroatoms. The largest absolute Gasteiger partial charge is 0.355 e. The normalized spacial score (nSPS) is 13.1. The predicted octanol–water partition coefficient (Wildman–Crippen LogP) is 2.02. The zero-order chi connectivity index (χ0) is 13.7. The van der Waals surface area contributed by atoms with Crippen LogP contribution in [0.15, 0.2) is 24.4 Å². The summed E-state index contributed by atoms with van der Waals surface area (Å²) in [5, 5.41) is 10.9. The second kappa shape index (κ2) is 3.96. The Hall–Kier alpha value is -2.56. The molecule has 4 rings (SSSR count). The fraction of sp³-hybridized carbons (Fsp3) is 0.200. The molecule has 0 unspecified atom stereocenters. The lowest BCUT2D eigenvalue weighted by molar-refractivity contribution is 0.0964. The van der Waals surface area contributed by atoms with Crippen LogP contribution in [0, 0.1) is 0 Å². The SMILES string of the molecule is CNC(=O)c1cccc2[nH]c3c(c12)CCc1cn[nH]c1-3. The molecule has 2 heterocycles. The Kier molecular flexibility index (Phi) is 2.24. The number of nitrogens with zero attached hydrogens (tertiary/aromatic N) is 1.